The van der Waals surface area contributed by atoms with E-state index in [1.54, 1.807) is 12.4 Å². The Labute approximate surface area is 172 Å². The van der Waals surface area contributed by atoms with E-state index in [-0.39, 0.29) is 11.5 Å². The Morgan fingerprint density at radius 2 is 1.80 bits per heavy atom. The van der Waals surface area contributed by atoms with Crippen LogP contribution in [0.15, 0.2) is 36.7 Å². The van der Waals surface area contributed by atoms with E-state index < -0.39 is 17.8 Å². The molecule has 30 heavy (non-hydrogen) atoms. The lowest BCUT2D eigenvalue weighted by molar-refractivity contribution is 0.193. The summed E-state index contributed by atoms with van der Waals surface area (Å²) in [6, 6.07) is 5.31. The van der Waals surface area contributed by atoms with Crippen LogP contribution in [0.2, 0.25) is 0 Å². The summed E-state index contributed by atoms with van der Waals surface area (Å²) < 4.78 is 42.1. The van der Waals surface area contributed by atoms with Crippen molar-refractivity contribution in [1.82, 2.24) is 15.0 Å². The Kier molecular flexibility index (Phi) is 4.92. The first-order chi connectivity index (χ1) is 14.6. The summed E-state index contributed by atoms with van der Waals surface area (Å²) in [6.07, 6.45) is 5.26. The third-order valence-electron chi connectivity index (χ3n) is 5.88. The van der Waals surface area contributed by atoms with E-state index in [2.05, 4.69) is 15.2 Å². The lowest BCUT2D eigenvalue weighted by Gasteiger charge is -2.35. The highest BCUT2D eigenvalue weighted by Crippen LogP contribution is 2.38. The minimum atomic E-state index is -1.45. The second-order valence-electron chi connectivity index (χ2n) is 8.07. The molecule has 2 aliphatic rings. The summed E-state index contributed by atoms with van der Waals surface area (Å²) in [7, 11) is 0. The summed E-state index contributed by atoms with van der Waals surface area (Å²) >= 11 is 0. The number of pyridine rings is 1. The molecule has 1 atom stereocenters. The van der Waals surface area contributed by atoms with Gasteiger partial charge in [0, 0.05) is 37.0 Å². The van der Waals surface area contributed by atoms with Gasteiger partial charge in [0.05, 0.1) is 11.7 Å². The second-order valence-corrected chi connectivity index (χ2v) is 8.07. The summed E-state index contributed by atoms with van der Waals surface area (Å²) in [5.41, 5.74) is 1.43. The molecule has 2 aromatic heterocycles. The van der Waals surface area contributed by atoms with Crippen molar-refractivity contribution in [2.45, 2.75) is 37.9 Å². The number of aromatic nitrogens is 3. The minimum absolute atomic E-state index is 0.0671. The summed E-state index contributed by atoms with van der Waals surface area (Å²) in [6.45, 7) is 1.18. The Balaban J connectivity index is 1.35. The van der Waals surface area contributed by atoms with Gasteiger partial charge in [0.15, 0.2) is 11.6 Å². The largest absolute Gasteiger partial charge is 0.364 e. The number of fused-ring (bicyclic) bond motifs is 1. The normalized spacial score (nSPS) is 18.6. The molecule has 0 radical (unpaired) electrons. The number of piperidine rings is 1. The van der Waals surface area contributed by atoms with Crippen molar-refractivity contribution >= 4 is 22.7 Å². The first-order valence-corrected chi connectivity index (χ1v) is 10.3. The highest BCUT2D eigenvalue weighted by molar-refractivity contribution is 5.80. The highest BCUT2D eigenvalue weighted by Gasteiger charge is 2.32. The van der Waals surface area contributed by atoms with Gasteiger partial charge in [-0.1, -0.05) is 6.07 Å². The second kappa shape index (κ2) is 7.74. The van der Waals surface area contributed by atoms with Crippen LogP contribution in [0.4, 0.5) is 24.8 Å². The molecule has 0 unspecified atom stereocenters. The summed E-state index contributed by atoms with van der Waals surface area (Å²) in [4.78, 5) is 15.7. The molecule has 3 heterocycles. The van der Waals surface area contributed by atoms with Crippen molar-refractivity contribution in [2.75, 3.05) is 23.3 Å². The quantitative estimate of drug-likeness (QED) is 0.651. The number of hydrogen-bond acceptors (Lipinski definition) is 5. The number of benzene rings is 1. The molecule has 0 amide bonds. The van der Waals surface area contributed by atoms with Crippen LogP contribution < -0.4 is 10.2 Å². The van der Waals surface area contributed by atoms with Crippen molar-refractivity contribution in [3.05, 3.63) is 53.9 Å². The van der Waals surface area contributed by atoms with Gasteiger partial charge in [0.1, 0.15) is 23.3 Å². The van der Waals surface area contributed by atoms with Gasteiger partial charge in [-0.15, -0.1) is 0 Å². The molecule has 2 fully saturated rings. The molecule has 156 valence electrons. The molecular weight excluding hydrogens is 391 g/mol. The highest BCUT2D eigenvalue weighted by atomic mass is 19.1. The maximum atomic E-state index is 15.0. The fourth-order valence-electron chi connectivity index (χ4n) is 4.02. The molecule has 1 aromatic carbocycles. The van der Waals surface area contributed by atoms with Crippen molar-refractivity contribution in [2.24, 2.45) is 5.92 Å². The average molecular weight is 413 g/mol. The van der Waals surface area contributed by atoms with Crippen LogP contribution in [-0.2, 0) is 0 Å². The Hall–Kier alpha value is -2.90. The van der Waals surface area contributed by atoms with Gasteiger partial charge in [-0.3, -0.25) is 4.98 Å². The fourth-order valence-corrected chi connectivity index (χ4v) is 4.02. The lowest BCUT2D eigenvalue weighted by Crippen LogP contribution is -2.36. The third kappa shape index (κ3) is 3.78. The zero-order valence-corrected chi connectivity index (χ0v) is 16.4. The van der Waals surface area contributed by atoms with Gasteiger partial charge in [0.25, 0.3) is 0 Å². The summed E-state index contributed by atoms with van der Waals surface area (Å²) in [5.74, 6) is -0.344. The molecular formula is C22H22F3N5. The van der Waals surface area contributed by atoms with Crippen LogP contribution in [-0.4, -0.2) is 34.1 Å². The Bertz CT molecular complexity index is 1060. The van der Waals surface area contributed by atoms with Crippen LogP contribution in [0.3, 0.4) is 0 Å². The first kappa shape index (κ1) is 19.1. The molecule has 8 heteroatoms. The predicted octanol–water partition coefficient (Wildman–Crippen LogP) is 4.80. The van der Waals surface area contributed by atoms with E-state index >= 15 is 0 Å². The molecule has 0 bridgehead atoms. The molecule has 5 rings (SSSR count). The van der Waals surface area contributed by atoms with Crippen LogP contribution >= 0.6 is 0 Å². The van der Waals surface area contributed by atoms with E-state index in [0.29, 0.717) is 37.5 Å². The zero-order chi connectivity index (χ0) is 20.7. The molecule has 3 aromatic rings. The number of nitrogens with zero attached hydrogens (tertiary/aromatic N) is 4. The van der Waals surface area contributed by atoms with Crippen molar-refractivity contribution in [3.63, 3.8) is 0 Å². The molecule has 5 nitrogen and oxygen atoms in total. The predicted molar refractivity (Wildman–Crippen MR) is 109 cm³/mol. The van der Waals surface area contributed by atoms with Gasteiger partial charge < -0.3 is 10.2 Å². The van der Waals surface area contributed by atoms with Crippen molar-refractivity contribution < 1.29 is 13.2 Å². The van der Waals surface area contributed by atoms with Crippen LogP contribution in [0, 0.1) is 17.6 Å². The molecule has 1 saturated heterocycles. The van der Waals surface area contributed by atoms with Crippen LogP contribution in [0.1, 0.15) is 37.4 Å². The van der Waals surface area contributed by atoms with Crippen LogP contribution in [0.5, 0.6) is 0 Å². The van der Waals surface area contributed by atoms with Gasteiger partial charge in [-0.05, 0) is 43.7 Å². The fraction of sp³-hybridized carbons (Fsp3) is 0.409. The van der Waals surface area contributed by atoms with E-state index in [0.717, 1.165) is 42.1 Å². The number of rotatable bonds is 5. The van der Waals surface area contributed by atoms with Crippen LogP contribution in [0.25, 0.3) is 11.0 Å². The molecule has 1 aliphatic carbocycles. The van der Waals surface area contributed by atoms with Crippen molar-refractivity contribution in [1.29, 1.82) is 0 Å². The molecule has 1 N–H and O–H groups in total. The third-order valence-corrected chi connectivity index (χ3v) is 5.88. The monoisotopic (exact) mass is 413 g/mol. The van der Waals surface area contributed by atoms with E-state index in [9.17, 15) is 13.2 Å². The summed E-state index contributed by atoms with van der Waals surface area (Å²) in [5, 5.41) is 3.45. The number of alkyl halides is 1. The molecule has 1 aliphatic heterocycles. The maximum absolute atomic E-state index is 15.0. The van der Waals surface area contributed by atoms with Crippen molar-refractivity contribution in [3.8, 4) is 0 Å². The number of anilines is 2. The lowest BCUT2D eigenvalue weighted by atomic mass is 9.88. The maximum Gasteiger partial charge on any atom is 0.172 e. The molecule has 1 saturated carbocycles. The Morgan fingerprint density at radius 3 is 2.53 bits per heavy atom. The van der Waals surface area contributed by atoms with Gasteiger partial charge in [-0.2, -0.15) is 0 Å². The van der Waals surface area contributed by atoms with Gasteiger partial charge in [0.2, 0.25) is 0 Å². The van der Waals surface area contributed by atoms with Gasteiger partial charge in [-0.25, -0.2) is 23.1 Å². The number of nitrogens with one attached hydrogen (secondary N) is 1. The Morgan fingerprint density at radius 1 is 1.00 bits per heavy atom. The number of hydrogen-bond donors (Lipinski definition) is 1. The van der Waals surface area contributed by atoms with E-state index in [1.165, 1.54) is 6.07 Å². The average Bonchev–Trinajstić information content (AvgIpc) is 3.57. The molecule has 0 spiro atoms. The van der Waals surface area contributed by atoms with E-state index in [4.69, 9.17) is 9.97 Å². The standard InChI is InChI=1S/C22H22F3N5/c23-14-1-4-16(17(24)11-14)20(25)13-6-9-30(10-7-13)22-21(27-15-2-3-15)28-18-5-8-26-12-19(18)29-22/h1,4-5,8,11-13,15,20H,2-3,6-7,9-10H2,(H,27,28)/t20-/m1/s1. The topological polar surface area (TPSA) is 53.9 Å². The zero-order valence-electron chi connectivity index (χ0n) is 16.4. The SMILES string of the molecule is Fc1ccc([C@H](F)C2CCN(c3nc4cnccc4nc3NC3CC3)CC2)c(F)c1. The number of halogens is 3. The minimum Gasteiger partial charge on any atom is -0.364 e. The van der Waals surface area contributed by atoms with E-state index in [1.807, 2.05) is 6.07 Å². The van der Waals surface area contributed by atoms with Gasteiger partial charge >= 0.3 is 0 Å². The smallest absolute Gasteiger partial charge is 0.172 e. The first-order valence-electron chi connectivity index (χ1n) is 10.3.